The van der Waals surface area contributed by atoms with E-state index >= 15 is 0 Å². The van der Waals surface area contributed by atoms with Crippen LogP contribution < -0.4 is 24.0 Å². The van der Waals surface area contributed by atoms with Crippen molar-refractivity contribution in [1.29, 1.82) is 0 Å². The maximum absolute atomic E-state index is 5.50. The molecule has 0 saturated carbocycles. The summed E-state index contributed by atoms with van der Waals surface area (Å²) in [6.45, 7) is 10.7. The molecule has 0 aliphatic carbocycles. The van der Waals surface area contributed by atoms with Gasteiger partial charge >= 0.3 is 18.9 Å². The van der Waals surface area contributed by atoms with Crippen LogP contribution >= 0.6 is 0 Å². The molecule has 7 rings (SSSR count). The zero-order valence-electron chi connectivity index (χ0n) is 24.2. The van der Waals surface area contributed by atoms with E-state index in [1.807, 2.05) is 0 Å². The molecule has 0 unspecified atom stereocenters. The number of rotatable bonds is 2. The van der Waals surface area contributed by atoms with Gasteiger partial charge in [0.25, 0.3) is 0 Å². The third-order valence-corrected chi connectivity index (χ3v) is 9.94. The molecule has 204 valence electrons. The van der Waals surface area contributed by atoms with Gasteiger partial charge in [-0.25, -0.2) is 0 Å². The van der Waals surface area contributed by atoms with Crippen molar-refractivity contribution in [2.24, 2.45) is 0 Å². The molecular formula is C33H44LiNO3Si. The van der Waals surface area contributed by atoms with Gasteiger partial charge in [-0.15, -0.1) is 0 Å². The Kier molecular flexibility index (Phi) is 13.5. The van der Waals surface area contributed by atoms with E-state index in [-0.39, 0.29) is 24.4 Å². The van der Waals surface area contributed by atoms with Gasteiger partial charge in [-0.05, 0) is 52.3 Å². The average Bonchev–Trinajstić information content (AvgIpc) is 3.81. The van der Waals surface area contributed by atoms with E-state index in [9.17, 15) is 0 Å². The number of ether oxygens (including phenoxy) is 3. The molecule has 3 aromatic carbocycles. The van der Waals surface area contributed by atoms with Crippen LogP contribution in [0.2, 0.25) is 13.1 Å². The van der Waals surface area contributed by atoms with E-state index in [1.165, 1.54) is 60.4 Å². The van der Waals surface area contributed by atoms with E-state index in [0.717, 1.165) is 39.6 Å². The summed E-state index contributed by atoms with van der Waals surface area (Å²) >= 11 is 0. The molecule has 4 aliphatic rings. The zero-order valence-corrected chi connectivity index (χ0v) is 25.2. The largest absolute Gasteiger partial charge is 1.00 e. The van der Waals surface area contributed by atoms with E-state index in [4.69, 9.17) is 19.2 Å². The van der Waals surface area contributed by atoms with Crippen LogP contribution in [0.15, 0.2) is 84.9 Å². The van der Waals surface area contributed by atoms with Crippen LogP contribution in [-0.4, -0.2) is 47.9 Å². The van der Waals surface area contributed by atoms with Gasteiger partial charge in [-0.1, -0.05) is 120 Å². The molecule has 0 spiro atoms. The Hall–Kier alpha value is -1.69. The molecule has 0 aromatic heterocycles. The maximum Gasteiger partial charge on any atom is 1.00 e. The quantitative estimate of drug-likeness (QED) is 0.461. The van der Waals surface area contributed by atoms with Crippen molar-refractivity contribution >= 4 is 13.4 Å². The standard InChI is InChI=1S/C21H20NSi.3C4H8O.Li/c1-23(2)20-16-10-9-15-19(20)21(22-23,17-11-5-3-6-12-17)18-13-7-4-8-14-18;3*1-2-4-5-3-1;/h3-16H,1-2H3;3*1-4H2;/q-1;;;;+1. The van der Waals surface area contributed by atoms with Crippen LogP contribution in [0.25, 0.3) is 4.98 Å². The van der Waals surface area contributed by atoms with E-state index in [2.05, 4.69) is 98.0 Å². The molecule has 0 N–H and O–H groups in total. The van der Waals surface area contributed by atoms with E-state index in [1.54, 1.807) is 0 Å². The maximum atomic E-state index is 5.50. The van der Waals surface area contributed by atoms with Crippen LogP contribution in [0.5, 0.6) is 0 Å². The summed E-state index contributed by atoms with van der Waals surface area (Å²) in [7, 11) is -1.84. The molecule has 0 radical (unpaired) electrons. The van der Waals surface area contributed by atoms with Crippen LogP contribution in [0.3, 0.4) is 0 Å². The average molecular weight is 538 g/mol. The molecule has 4 heterocycles. The van der Waals surface area contributed by atoms with Gasteiger partial charge in [0.05, 0.1) is 0 Å². The van der Waals surface area contributed by atoms with Gasteiger partial charge in [0.15, 0.2) is 0 Å². The van der Waals surface area contributed by atoms with Gasteiger partial charge < -0.3 is 19.2 Å². The summed E-state index contributed by atoms with van der Waals surface area (Å²) < 4.78 is 14.8. The number of nitrogens with zero attached hydrogens (tertiary/aromatic N) is 1. The zero-order chi connectivity index (χ0) is 26.5. The van der Waals surface area contributed by atoms with Crippen LogP contribution in [0, 0.1) is 0 Å². The van der Waals surface area contributed by atoms with Crippen molar-refractivity contribution in [2.45, 2.75) is 57.2 Å². The van der Waals surface area contributed by atoms with E-state index < -0.39 is 8.24 Å². The topological polar surface area (TPSA) is 41.8 Å². The SMILES string of the molecule is C1CCOC1.C1CCOC1.C1CCOC1.C[Si]1(C)[N-]C(c2ccccc2)(c2ccccc2)c2ccccc21.[Li+]. The molecule has 0 bridgehead atoms. The molecule has 0 amide bonds. The van der Waals surface area contributed by atoms with Gasteiger partial charge in [-0.2, -0.15) is 0 Å². The Morgan fingerprint density at radius 1 is 0.538 bits per heavy atom. The van der Waals surface area contributed by atoms with Crippen molar-refractivity contribution in [1.82, 2.24) is 0 Å². The van der Waals surface area contributed by atoms with Crippen LogP contribution in [0.1, 0.15) is 55.2 Å². The minimum atomic E-state index is -1.84. The summed E-state index contributed by atoms with van der Waals surface area (Å²) in [4.78, 5) is 5.50. The Labute approximate surface area is 249 Å². The smallest absolute Gasteiger partial charge is 0.644 e. The van der Waals surface area contributed by atoms with Crippen molar-refractivity contribution in [3.8, 4) is 0 Å². The first-order valence-corrected chi connectivity index (χ1v) is 17.3. The minimum absolute atomic E-state index is 0. The molecule has 39 heavy (non-hydrogen) atoms. The number of fused-ring (bicyclic) bond motifs is 1. The Morgan fingerprint density at radius 2 is 0.897 bits per heavy atom. The fourth-order valence-corrected chi connectivity index (χ4v) is 8.13. The van der Waals surface area contributed by atoms with Gasteiger partial charge in [0, 0.05) is 39.6 Å². The molecular weight excluding hydrogens is 493 g/mol. The third kappa shape index (κ3) is 8.65. The summed E-state index contributed by atoms with van der Waals surface area (Å²) in [6, 6.07) is 30.3. The number of benzene rings is 3. The normalized spacial score (nSPS) is 19.6. The minimum Gasteiger partial charge on any atom is -0.644 e. The first-order valence-electron chi connectivity index (χ1n) is 14.3. The summed E-state index contributed by atoms with van der Waals surface area (Å²) in [5.74, 6) is 0. The second-order valence-electron chi connectivity index (χ2n) is 10.6. The number of hydrogen-bond acceptors (Lipinski definition) is 3. The summed E-state index contributed by atoms with van der Waals surface area (Å²) in [5, 5.41) is 1.45. The predicted octanol–water partition coefficient (Wildman–Crippen LogP) is 4.17. The Bertz CT molecular complexity index is 982. The molecule has 6 heteroatoms. The molecule has 4 aliphatic heterocycles. The molecule has 3 saturated heterocycles. The third-order valence-electron chi connectivity index (χ3n) is 7.29. The predicted molar refractivity (Wildman–Crippen MR) is 160 cm³/mol. The molecule has 0 atom stereocenters. The second kappa shape index (κ2) is 16.5. The van der Waals surface area contributed by atoms with Crippen molar-refractivity contribution in [3.05, 3.63) is 107 Å². The molecule has 3 aromatic rings. The Morgan fingerprint density at radius 3 is 1.26 bits per heavy atom. The first-order chi connectivity index (χ1) is 18.6. The van der Waals surface area contributed by atoms with Gasteiger partial charge in [-0.3, -0.25) is 0 Å². The summed E-state index contributed by atoms with van der Waals surface area (Å²) in [5.41, 5.74) is 3.51. The monoisotopic (exact) mass is 537 g/mol. The van der Waals surface area contributed by atoms with Crippen LogP contribution in [-0.2, 0) is 19.7 Å². The van der Waals surface area contributed by atoms with Crippen molar-refractivity contribution in [2.75, 3.05) is 39.6 Å². The van der Waals surface area contributed by atoms with Crippen molar-refractivity contribution < 1.29 is 33.1 Å². The van der Waals surface area contributed by atoms with Crippen LogP contribution in [0.4, 0.5) is 0 Å². The summed E-state index contributed by atoms with van der Waals surface area (Å²) in [6.07, 6.45) is 7.67. The Balaban J connectivity index is 0.000000212. The van der Waals surface area contributed by atoms with Gasteiger partial charge in [0.1, 0.15) is 0 Å². The van der Waals surface area contributed by atoms with E-state index in [0.29, 0.717) is 0 Å². The fraction of sp³-hybridized carbons (Fsp3) is 0.455. The van der Waals surface area contributed by atoms with Gasteiger partial charge in [0.2, 0.25) is 0 Å². The first kappa shape index (κ1) is 31.8. The second-order valence-corrected chi connectivity index (χ2v) is 14.5. The fourth-order valence-electron chi connectivity index (χ4n) is 5.37. The van der Waals surface area contributed by atoms with Crippen molar-refractivity contribution in [3.63, 3.8) is 0 Å². The molecule has 4 nitrogen and oxygen atoms in total. The molecule has 3 fully saturated rings. The number of hydrogen-bond donors (Lipinski definition) is 0.